The van der Waals surface area contributed by atoms with Crippen molar-refractivity contribution in [1.82, 2.24) is 9.55 Å². The molecule has 3 rings (SSSR count). The van der Waals surface area contributed by atoms with Crippen LogP contribution in [-0.4, -0.2) is 112 Å². The third-order valence-corrected chi connectivity index (χ3v) is 7.73. The second-order valence-electron chi connectivity index (χ2n) is 7.68. The Morgan fingerprint density at radius 1 is 0.944 bits per heavy atom. The lowest BCUT2D eigenvalue weighted by molar-refractivity contribution is -0.281. The SMILES string of the molecule is O=c1ccn([C@H]2O[C@@H](COP(=O)(O[C@@H]3O[C@H](CO)[C@@H](O)[C@@H](O)[C@@H]3O)OP(=O)(O)O)C(O)C2O)c(=O)[nH]1. The fourth-order valence-corrected chi connectivity index (χ4v) is 5.58. The van der Waals surface area contributed by atoms with Crippen LogP contribution >= 0.6 is 15.6 Å². The van der Waals surface area contributed by atoms with E-state index < -0.39 is 95.4 Å². The largest absolute Gasteiger partial charge is 0.486 e. The van der Waals surface area contributed by atoms with E-state index in [-0.39, 0.29) is 0 Å². The molecule has 0 amide bonds. The van der Waals surface area contributed by atoms with E-state index in [1.165, 1.54) is 0 Å². The minimum absolute atomic E-state index is 0.714. The molecular formula is C15H24N2O17P2. The third-order valence-electron chi connectivity index (χ3n) is 5.15. The average Bonchev–Trinajstić information content (AvgIpc) is 3.05. The maximum Gasteiger partial charge on any atom is 0.486 e. The molecule has 2 aliphatic heterocycles. The predicted octanol–water partition coefficient (Wildman–Crippen LogP) is -4.79. The minimum atomic E-state index is -5.63. The van der Waals surface area contributed by atoms with Crippen LogP contribution in [0.2, 0.25) is 0 Å². The summed E-state index contributed by atoms with van der Waals surface area (Å²) >= 11 is 0. The van der Waals surface area contributed by atoms with Gasteiger partial charge in [-0.1, -0.05) is 0 Å². The highest BCUT2D eigenvalue weighted by atomic mass is 31.3. The molecule has 36 heavy (non-hydrogen) atoms. The van der Waals surface area contributed by atoms with Gasteiger partial charge in [-0.2, -0.15) is 4.31 Å². The molecule has 9 N–H and O–H groups in total. The lowest BCUT2D eigenvalue weighted by Gasteiger charge is -2.40. The second kappa shape index (κ2) is 11.2. The molecule has 1 aromatic rings. The number of hydrogen-bond acceptors (Lipinski definition) is 15. The molecule has 0 spiro atoms. The Morgan fingerprint density at radius 2 is 1.58 bits per heavy atom. The summed E-state index contributed by atoms with van der Waals surface area (Å²) in [6.07, 6.45) is -15.6. The zero-order valence-corrected chi connectivity index (χ0v) is 19.6. The van der Waals surface area contributed by atoms with Crippen LogP contribution < -0.4 is 11.2 Å². The topological polar surface area (TPSA) is 297 Å². The summed E-state index contributed by atoms with van der Waals surface area (Å²) in [5.74, 6) is 0. The lowest BCUT2D eigenvalue weighted by Crippen LogP contribution is -2.59. The minimum Gasteiger partial charge on any atom is -0.394 e. The molecule has 0 bridgehead atoms. The van der Waals surface area contributed by atoms with Crippen molar-refractivity contribution in [3.63, 3.8) is 0 Å². The van der Waals surface area contributed by atoms with Crippen molar-refractivity contribution < 1.29 is 72.4 Å². The monoisotopic (exact) mass is 566 g/mol. The molecule has 2 aliphatic rings. The fraction of sp³-hybridized carbons (Fsp3) is 0.733. The number of aromatic amines is 1. The highest BCUT2D eigenvalue weighted by Gasteiger charge is 2.50. The van der Waals surface area contributed by atoms with Crippen molar-refractivity contribution in [2.75, 3.05) is 13.2 Å². The summed E-state index contributed by atoms with van der Waals surface area (Å²) in [6.45, 7) is -1.97. The first kappa shape index (κ1) is 29.2. The fourth-order valence-electron chi connectivity index (χ4n) is 3.37. The Balaban J connectivity index is 1.77. The van der Waals surface area contributed by atoms with Crippen LogP contribution in [-0.2, 0) is 32.0 Å². The van der Waals surface area contributed by atoms with Crippen molar-refractivity contribution in [3.05, 3.63) is 33.1 Å². The number of aliphatic hydroxyl groups excluding tert-OH is 6. The van der Waals surface area contributed by atoms with Gasteiger partial charge in [0.05, 0.1) is 13.2 Å². The molecule has 2 fully saturated rings. The normalized spacial score (nSPS) is 37.1. The van der Waals surface area contributed by atoms with Gasteiger partial charge in [-0.3, -0.25) is 23.4 Å². The molecule has 0 aromatic carbocycles. The van der Waals surface area contributed by atoms with Gasteiger partial charge >= 0.3 is 21.3 Å². The Kier molecular flexibility index (Phi) is 9.05. The first-order valence-corrected chi connectivity index (χ1v) is 13.0. The summed E-state index contributed by atoms with van der Waals surface area (Å²) in [5, 5.41) is 59.3. The van der Waals surface area contributed by atoms with Gasteiger partial charge in [-0.05, 0) is 0 Å². The van der Waals surface area contributed by atoms with E-state index in [4.69, 9.17) is 28.3 Å². The summed E-state index contributed by atoms with van der Waals surface area (Å²) in [7, 11) is -11.1. The lowest BCUT2D eigenvalue weighted by atomic mass is 10.00. The number of ether oxygens (including phenoxy) is 2. The number of nitrogens with zero attached hydrogens (tertiary/aromatic N) is 1. The number of H-pyrrole nitrogens is 1. The first-order valence-electron chi connectivity index (χ1n) is 9.99. The van der Waals surface area contributed by atoms with E-state index in [1.54, 1.807) is 0 Å². The molecule has 0 saturated carbocycles. The zero-order chi connectivity index (χ0) is 27.0. The van der Waals surface area contributed by atoms with Gasteiger partial charge in [0.15, 0.2) is 12.5 Å². The van der Waals surface area contributed by atoms with E-state index >= 15 is 0 Å². The van der Waals surface area contributed by atoms with E-state index in [0.29, 0.717) is 4.57 Å². The first-order chi connectivity index (χ1) is 16.7. The highest BCUT2D eigenvalue weighted by Crippen LogP contribution is 2.62. The van der Waals surface area contributed by atoms with Crippen LogP contribution in [0.5, 0.6) is 0 Å². The van der Waals surface area contributed by atoms with Crippen LogP contribution in [0.1, 0.15) is 6.23 Å². The van der Waals surface area contributed by atoms with Crippen molar-refractivity contribution in [1.29, 1.82) is 0 Å². The Labute approximate surface area is 199 Å². The van der Waals surface area contributed by atoms with Gasteiger partial charge in [-0.15, -0.1) is 0 Å². The van der Waals surface area contributed by atoms with E-state index in [9.17, 15) is 49.4 Å². The number of nitrogens with one attached hydrogen (secondary N) is 1. The molecule has 10 atom stereocenters. The molecular weight excluding hydrogens is 542 g/mol. The van der Waals surface area contributed by atoms with Crippen LogP contribution in [0.25, 0.3) is 0 Å². The maximum atomic E-state index is 13.0. The van der Waals surface area contributed by atoms with Gasteiger partial charge in [0.25, 0.3) is 5.56 Å². The Morgan fingerprint density at radius 3 is 2.17 bits per heavy atom. The summed E-state index contributed by atoms with van der Waals surface area (Å²) in [6, 6.07) is 0.921. The van der Waals surface area contributed by atoms with Crippen LogP contribution in [0.15, 0.2) is 21.9 Å². The molecule has 0 aliphatic carbocycles. The average molecular weight is 566 g/mol. The number of phosphoric ester groups is 1. The molecule has 1 aromatic heterocycles. The second-order valence-corrected chi connectivity index (χ2v) is 10.7. The summed E-state index contributed by atoms with van der Waals surface area (Å²) in [5.41, 5.74) is -1.77. The van der Waals surface area contributed by atoms with Crippen molar-refractivity contribution in [2.24, 2.45) is 0 Å². The summed E-state index contributed by atoms with van der Waals surface area (Å²) < 4.78 is 48.9. The smallest absolute Gasteiger partial charge is 0.394 e. The van der Waals surface area contributed by atoms with E-state index in [1.807, 2.05) is 4.98 Å². The molecule has 2 saturated heterocycles. The number of aromatic nitrogens is 2. The van der Waals surface area contributed by atoms with Gasteiger partial charge in [-0.25, -0.2) is 13.9 Å². The molecule has 206 valence electrons. The van der Waals surface area contributed by atoms with Crippen molar-refractivity contribution in [2.45, 2.75) is 55.2 Å². The predicted molar refractivity (Wildman–Crippen MR) is 109 cm³/mol. The Bertz CT molecular complexity index is 1120. The molecule has 21 heteroatoms. The van der Waals surface area contributed by atoms with E-state index in [2.05, 4.69) is 4.31 Å². The maximum absolute atomic E-state index is 13.0. The van der Waals surface area contributed by atoms with Crippen LogP contribution in [0.4, 0.5) is 0 Å². The van der Waals surface area contributed by atoms with Gasteiger partial charge in [0.1, 0.15) is 42.7 Å². The van der Waals surface area contributed by atoms with Crippen molar-refractivity contribution >= 4 is 15.6 Å². The Hall–Kier alpha value is -1.38. The number of hydrogen-bond donors (Lipinski definition) is 9. The van der Waals surface area contributed by atoms with Crippen LogP contribution in [0.3, 0.4) is 0 Å². The zero-order valence-electron chi connectivity index (χ0n) is 17.9. The molecule has 3 unspecified atom stereocenters. The molecule has 3 heterocycles. The van der Waals surface area contributed by atoms with Gasteiger partial charge in [0.2, 0.25) is 0 Å². The highest BCUT2D eigenvalue weighted by molar-refractivity contribution is 7.61. The van der Waals surface area contributed by atoms with Gasteiger partial charge in [0, 0.05) is 12.3 Å². The molecule has 0 radical (unpaired) electrons. The summed E-state index contributed by atoms with van der Waals surface area (Å²) in [4.78, 5) is 43.3. The number of rotatable bonds is 9. The molecule has 19 nitrogen and oxygen atoms in total. The van der Waals surface area contributed by atoms with E-state index in [0.717, 1.165) is 12.3 Å². The van der Waals surface area contributed by atoms with Crippen molar-refractivity contribution in [3.8, 4) is 0 Å². The quantitative estimate of drug-likeness (QED) is 0.127. The van der Waals surface area contributed by atoms with Crippen LogP contribution in [0, 0.1) is 0 Å². The third kappa shape index (κ3) is 6.54. The number of aliphatic hydroxyl groups is 6. The van der Waals surface area contributed by atoms with Gasteiger partial charge < -0.3 is 49.9 Å². The number of phosphoric acid groups is 2. The standard InChI is InChI=1S/C15H24N2O17P2/c18-3-5-8(20)10(22)12(24)14(32-5)33-36(29,34-35(26,27)28)30-4-6-9(21)11(23)13(31-6)17-2-1-7(19)16-15(17)25/h1-2,5-6,8-14,18,20-24H,3-4H2,(H,16,19,25)(H2,26,27,28)/t5-,6+,8-,9?,10-,11?,12+,13+,14+,36?/m1/s1.